The molecular formula is C21H16N6. The quantitative estimate of drug-likeness (QED) is 0.294. The maximum atomic E-state index is 9.06. The Morgan fingerprint density at radius 1 is 0.926 bits per heavy atom. The number of hydrogen-bond donors (Lipinski definition) is 3. The topological polar surface area (TPSA) is 103 Å². The SMILES string of the molecule is N#C/C(=N\Nc1ccccc1-n1c2ccccc2c2ccccc21)C(=N)N. The number of rotatable bonds is 4. The molecule has 0 spiro atoms. The van der Waals surface area contributed by atoms with Gasteiger partial charge in [-0.1, -0.05) is 48.5 Å². The van der Waals surface area contributed by atoms with Gasteiger partial charge in [0.1, 0.15) is 6.07 Å². The number of amidine groups is 1. The number of nitriles is 1. The molecule has 0 aliphatic heterocycles. The van der Waals surface area contributed by atoms with Crippen LogP contribution in [0.1, 0.15) is 0 Å². The van der Waals surface area contributed by atoms with E-state index in [-0.39, 0.29) is 11.5 Å². The highest BCUT2D eigenvalue weighted by Crippen LogP contribution is 2.34. The van der Waals surface area contributed by atoms with E-state index in [1.165, 1.54) is 0 Å². The number of hydrazone groups is 1. The van der Waals surface area contributed by atoms with Gasteiger partial charge in [-0.05, 0) is 24.3 Å². The van der Waals surface area contributed by atoms with Crippen LogP contribution in [-0.4, -0.2) is 16.1 Å². The van der Waals surface area contributed by atoms with Gasteiger partial charge >= 0.3 is 0 Å². The third-order valence-electron chi connectivity index (χ3n) is 4.37. The first kappa shape index (κ1) is 16.4. The summed E-state index contributed by atoms with van der Waals surface area (Å²) in [4.78, 5) is 0. The first-order valence-corrected chi connectivity index (χ1v) is 8.36. The molecule has 0 saturated carbocycles. The monoisotopic (exact) mass is 352 g/mol. The Hall–Kier alpha value is -4.11. The van der Waals surface area contributed by atoms with E-state index in [4.69, 9.17) is 16.4 Å². The van der Waals surface area contributed by atoms with Crippen molar-refractivity contribution in [1.29, 1.82) is 10.7 Å². The van der Waals surface area contributed by atoms with Gasteiger partial charge in [0.05, 0.1) is 22.4 Å². The zero-order chi connectivity index (χ0) is 18.8. The van der Waals surface area contributed by atoms with E-state index in [2.05, 4.69) is 39.4 Å². The van der Waals surface area contributed by atoms with Crippen LogP contribution in [0.4, 0.5) is 5.69 Å². The molecule has 6 nitrogen and oxygen atoms in total. The van der Waals surface area contributed by atoms with E-state index in [1.54, 1.807) is 0 Å². The lowest BCUT2D eigenvalue weighted by atomic mass is 10.2. The molecule has 0 aliphatic carbocycles. The summed E-state index contributed by atoms with van der Waals surface area (Å²) in [5.74, 6) is -0.376. The van der Waals surface area contributed by atoms with Crippen LogP contribution in [0.3, 0.4) is 0 Å². The normalized spacial score (nSPS) is 11.4. The number of nitrogens with one attached hydrogen (secondary N) is 2. The summed E-state index contributed by atoms with van der Waals surface area (Å²) in [5.41, 5.74) is 11.8. The molecule has 0 unspecified atom stereocenters. The average molecular weight is 352 g/mol. The molecule has 0 atom stereocenters. The zero-order valence-corrected chi connectivity index (χ0v) is 14.3. The van der Waals surface area contributed by atoms with Gasteiger partial charge in [0.15, 0.2) is 5.84 Å². The van der Waals surface area contributed by atoms with Crippen LogP contribution in [-0.2, 0) is 0 Å². The molecule has 130 valence electrons. The molecule has 0 radical (unpaired) electrons. The van der Waals surface area contributed by atoms with Crippen molar-refractivity contribution in [2.45, 2.75) is 0 Å². The predicted octanol–water partition coefficient (Wildman–Crippen LogP) is 4.01. The van der Waals surface area contributed by atoms with Crippen molar-refractivity contribution in [2.24, 2.45) is 10.8 Å². The Morgan fingerprint density at radius 2 is 1.48 bits per heavy atom. The minimum absolute atomic E-state index is 0.160. The fraction of sp³-hybridized carbons (Fsp3) is 0. The molecule has 4 N–H and O–H groups in total. The summed E-state index contributed by atoms with van der Waals surface area (Å²) in [6, 6.07) is 25.9. The standard InChI is InChI=1S/C21H16N6/c22-13-17(21(23)24)26-25-16-9-3-6-12-20(16)27-18-10-4-1-7-14(18)15-8-2-5-11-19(15)27/h1-12,25H,(H3,23,24)/b26-17+. The number of hydrogen-bond acceptors (Lipinski definition) is 4. The number of fused-ring (bicyclic) bond motifs is 3. The zero-order valence-electron chi connectivity index (χ0n) is 14.3. The number of benzene rings is 3. The number of aromatic nitrogens is 1. The molecule has 1 aromatic heterocycles. The van der Waals surface area contributed by atoms with Crippen molar-refractivity contribution in [3.8, 4) is 11.8 Å². The van der Waals surface area contributed by atoms with Crippen LogP contribution in [0.25, 0.3) is 27.5 Å². The maximum absolute atomic E-state index is 9.06. The highest BCUT2D eigenvalue weighted by molar-refractivity contribution is 6.45. The Bertz CT molecular complexity index is 1190. The number of nitrogens with zero attached hydrogens (tertiary/aromatic N) is 3. The maximum Gasteiger partial charge on any atom is 0.201 e. The first-order valence-electron chi connectivity index (χ1n) is 8.36. The van der Waals surface area contributed by atoms with E-state index in [9.17, 15) is 0 Å². The van der Waals surface area contributed by atoms with Gasteiger partial charge in [0, 0.05) is 10.8 Å². The lowest BCUT2D eigenvalue weighted by molar-refractivity contribution is 1.16. The fourth-order valence-electron chi connectivity index (χ4n) is 3.21. The summed E-state index contributed by atoms with van der Waals surface area (Å²) in [7, 11) is 0. The predicted molar refractivity (Wildman–Crippen MR) is 109 cm³/mol. The highest BCUT2D eigenvalue weighted by atomic mass is 15.3. The number of nitrogens with two attached hydrogens (primary N) is 1. The molecule has 4 rings (SSSR count). The van der Waals surface area contributed by atoms with E-state index in [0.29, 0.717) is 5.69 Å². The summed E-state index contributed by atoms with van der Waals surface area (Å²) >= 11 is 0. The van der Waals surface area contributed by atoms with Crippen molar-refractivity contribution >= 4 is 39.0 Å². The van der Waals surface area contributed by atoms with Gasteiger partial charge in [-0.25, -0.2) is 0 Å². The van der Waals surface area contributed by atoms with Crippen molar-refractivity contribution in [3.63, 3.8) is 0 Å². The second-order valence-electron chi connectivity index (χ2n) is 5.98. The van der Waals surface area contributed by atoms with Crippen molar-refractivity contribution < 1.29 is 0 Å². The smallest absolute Gasteiger partial charge is 0.201 e. The molecule has 4 aromatic rings. The van der Waals surface area contributed by atoms with Crippen molar-refractivity contribution in [1.82, 2.24) is 4.57 Å². The van der Waals surface area contributed by atoms with Gasteiger partial charge < -0.3 is 10.3 Å². The largest absolute Gasteiger partial charge is 0.382 e. The summed E-state index contributed by atoms with van der Waals surface area (Å²) in [5, 5.41) is 22.8. The van der Waals surface area contributed by atoms with E-state index < -0.39 is 0 Å². The highest BCUT2D eigenvalue weighted by Gasteiger charge is 2.13. The van der Waals surface area contributed by atoms with Gasteiger partial charge in [-0.15, -0.1) is 0 Å². The van der Waals surface area contributed by atoms with Crippen LogP contribution in [0.15, 0.2) is 77.9 Å². The third-order valence-corrected chi connectivity index (χ3v) is 4.37. The van der Waals surface area contributed by atoms with Crippen molar-refractivity contribution in [3.05, 3.63) is 72.8 Å². The van der Waals surface area contributed by atoms with Crippen LogP contribution >= 0.6 is 0 Å². The summed E-state index contributed by atoms with van der Waals surface area (Å²) in [6.45, 7) is 0. The van der Waals surface area contributed by atoms with E-state index in [1.807, 2.05) is 54.6 Å². The minimum atomic E-state index is -0.376. The Labute approximate surface area is 155 Å². The average Bonchev–Trinajstić information content (AvgIpc) is 3.03. The van der Waals surface area contributed by atoms with Gasteiger partial charge in [0.25, 0.3) is 0 Å². The molecule has 0 fully saturated rings. The summed E-state index contributed by atoms with van der Waals surface area (Å²) < 4.78 is 2.16. The number of anilines is 1. The molecule has 0 saturated heterocycles. The second-order valence-corrected chi connectivity index (χ2v) is 5.98. The Morgan fingerprint density at radius 3 is 2.07 bits per heavy atom. The molecule has 0 aliphatic rings. The van der Waals surface area contributed by atoms with Gasteiger partial charge in [0.2, 0.25) is 5.71 Å². The fourth-order valence-corrected chi connectivity index (χ4v) is 3.21. The molecule has 0 bridgehead atoms. The van der Waals surface area contributed by atoms with Gasteiger partial charge in [-0.2, -0.15) is 10.4 Å². The summed E-state index contributed by atoms with van der Waals surface area (Å²) in [6.07, 6.45) is 0. The molecular weight excluding hydrogens is 336 g/mol. The minimum Gasteiger partial charge on any atom is -0.382 e. The second kappa shape index (κ2) is 6.65. The lowest BCUT2D eigenvalue weighted by Gasteiger charge is -2.13. The van der Waals surface area contributed by atoms with Crippen LogP contribution in [0.5, 0.6) is 0 Å². The van der Waals surface area contributed by atoms with Crippen LogP contribution in [0, 0.1) is 16.7 Å². The third kappa shape index (κ3) is 2.77. The Balaban J connectivity index is 1.95. The molecule has 1 heterocycles. The molecule has 3 aromatic carbocycles. The lowest BCUT2D eigenvalue weighted by Crippen LogP contribution is -2.22. The Kier molecular flexibility index (Phi) is 4.03. The van der Waals surface area contributed by atoms with E-state index in [0.717, 1.165) is 27.5 Å². The molecule has 6 heteroatoms. The number of para-hydroxylation sites is 4. The van der Waals surface area contributed by atoms with E-state index >= 15 is 0 Å². The first-order chi connectivity index (χ1) is 13.2. The van der Waals surface area contributed by atoms with Crippen LogP contribution < -0.4 is 11.2 Å². The van der Waals surface area contributed by atoms with Gasteiger partial charge in [-0.3, -0.25) is 10.8 Å². The molecule has 0 amide bonds. The molecule has 27 heavy (non-hydrogen) atoms. The van der Waals surface area contributed by atoms with Crippen LogP contribution in [0.2, 0.25) is 0 Å². The van der Waals surface area contributed by atoms with Crippen molar-refractivity contribution in [2.75, 3.05) is 5.43 Å².